The van der Waals surface area contributed by atoms with Gasteiger partial charge in [0.2, 0.25) is 0 Å². The fourth-order valence-electron chi connectivity index (χ4n) is 2.67. The van der Waals surface area contributed by atoms with Crippen LogP contribution in [0.1, 0.15) is 26.0 Å². The number of nitrogens with zero attached hydrogens (tertiary/aromatic N) is 1. The lowest BCUT2D eigenvalue weighted by Gasteiger charge is -2.26. The zero-order valence-corrected chi connectivity index (χ0v) is 14.2. The molecule has 1 aromatic heterocycles. The molecule has 0 aliphatic carbocycles. The molecular weight excluding hydrogens is 282 g/mol. The van der Waals surface area contributed by atoms with Crippen LogP contribution in [0.25, 0.3) is 10.9 Å². The summed E-state index contributed by atoms with van der Waals surface area (Å²) in [4.78, 5) is 5.69. The maximum Gasteiger partial charge on any atom is 0.0705 e. The molecule has 0 aliphatic rings. The van der Waals surface area contributed by atoms with Crippen molar-refractivity contribution in [2.24, 2.45) is 5.92 Å². The van der Waals surface area contributed by atoms with E-state index in [1.807, 2.05) is 12.1 Å². The lowest BCUT2D eigenvalue weighted by molar-refractivity contribution is 0.246. The maximum atomic E-state index is 6.44. The van der Waals surface area contributed by atoms with Gasteiger partial charge >= 0.3 is 0 Å². The molecule has 0 fully saturated rings. The van der Waals surface area contributed by atoms with E-state index in [1.165, 1.54) is 6.42 Å². The third kappa shape index (κ3) is 4.22. The van der Waals surface area contributed by atoms with Crippen molar-refractivity contribution in [2.45, 2.75) is 32.9 Å². The van der Waals surface area contributed by atoms with Gasteiger partial charge in [0, 0.05) is 35.7 Å². The number of fused-ring (bicyclic) bond motifs is 1. The van der Waals surface area contributed by atoms with Crippen LogP contribution in [0.3, 0.4) is 0 Å². The zero-order valence-electron chi connectivity index (χ0n) is 13.4. The van der Waals surface area contributed by atoms with Gasteiger partial charge in [-0.15, -0.1) is 0 Å². The first-order valence-electron chi connectivity index (χ1n) is 7.61. The molecule has 1 unspecified atom stereocenters. The van der Waals surface area contributed by atoms with Gasteiger partial charge in [0.15, 0.2) is 0 Å². The van der Waals surface area contributed by atoms with E-state index in [-0.39, 0.29) is 0 Å². The smallest absolute Gasteiger partial charge is 0.0705 e. The molecule has 1 aromatic carbocycles. The first kappa shape index (κ1) is 16.3. The van der Waals surface area contributed by atoms with Crippen LogP contribution in [0, 0.1) is 5.92 Å². The maximum absolute atomic E-state index is 6.44. The first-order chi connectivity index (χ1) is 9.99. The number of hydrogen-bond donors (Lipinski definition) is 2. The summed E-state index contributed by atoms with van der Waals surface area (Å²) in [6, 6.07) is 8.71. The lowest BCUT2D eigenvalue weighted by Crippen LogP contribution is -2.38. The molecule has 0 radical (unpaired) electrons. The van der Waals surface area contributed by atoms with E-state index in [1.54, 1.807) is 0 Å². The molecule has 0 saturated carbocycles. The summed E-state index contributed by atoms with van der Waals surface area (Å²) in [6.45, 7) is 6.28. The van der Waals surface area contributed by atoms with E-state index in [2.05, 4.69) is 55.3 Å². The molecule has 0 aliphatic heterocycles. The molecular formula is C17H26ClN3. The van der Waals surface area contributed by atoms with Gasteiger partial charge in [-0.05, 0) is 32.5 Å². The number of hydrogen-bond acceptors (Lipinski definition) is 2. The minimum Gasteiger partial charge on any atom is -0.356 e. The standard InChI is InChI=1S/C17H26ClN3/c1-12(2)9-13(21(3)4)10-19-11-16-17(18)14-7-5-6-8-15(14)20-16/h5-8,12-13,19-20H,9-11H2,1-4H3. The highest BCUT2D eigenvalue weighted by Crippen LogP contribution is 2.26. The summed E-state index contributed by atoms with van der Waals surface area (Å²) in [5.74, 6) is 0.705. The van der Waals surface area contributed by atoms with E-state index in [4.69, 9.17) is 11.6 Å². The Hall–Kier alpha value is -1.03. The molecule has 21 heavy (non-hydrogen) atoms. The number of aromatic nitrogens is 1. The second kappa shape index (κ2) is 7.30. The Bertz CT molecular complexity index is 574. The number of benzene rings is 1. The van der Waals surface area contributed by atoms with E-state index in [9.17, 15) is 0 Å². The van der Waals surface area contributed by atoms with Crippen LogP contribution in [-0.4, -0.2) is 36.6 Å². The van der Waals surface area contributed by atoms with Crippen molar-refractivity contribution in [1.82, 2.24) is 15.2 Å². The molecule has 2 rings (SSSR count). The zero-order chi connectivity index (χ0) is 15.4. The highest BCUT2D eigenvalue weighted by Gasteiger charge is 2.14. The molecule has 0 amide bonds. The molecule has 0 bridgehead atoms. The van der Waals surface area contributed by atoms with E-state index in [0.29, 0.717) is 12.0 Å². The third-order valence-electron chi connectivity index (χ3n) is 3.87. The topological polar surface area (TPSA) is 31.1 Å². The Labute approximate surface area is 132 Å². The quantitative estimate of drug-likeness (QED) is 0.813. The average molecular weight is 308 g/mol. The number of H-pyrrole nitrogens is 1. The predicted molar refractivity (Wildman–Crippen MR) is 91.9 cm³/mol. The molecule has 0 spiro atoms. The lowest BCUT2D eigenvalue weighted by atomic mass is 10.0. The van der Waals surface area contributed by atoms with Crippen molar-refractivity contribution in [1.29, 1.82) is 0 Å². The number of likely N-dealkylation sites (N-methyl/N-ethyl adjacent to an activating group) is 1. The largest absolute Gasteiger partial charge is 0.356 e. The molecule has 4 heteroatoms. The van der Waals surface area contributed by atoms with E-state index in [0.717, 1.165) is 34.7 Å². The number of para-hydroxylation sites is 1. The van der Waals surface area contributed by atoms with Crippen LogP contribution < -0.4 is 5.32 Å². The molecule has 1 atom stereocenters. The van der Waals surface area contributed by atoms with Gasteiger partial charge in [-0.3, -0.25) is 0 Å². The Kier molecular flexibility index (Phi) is 5.68. The van der Waals surface area contributed by atoms with Gasteiger partial charge in [-0.2, -0.15) is 0 Å². The SMILES string of the molecule is CC(C)CC(CNCc1[nH]c2ccccc2c1Cl)N(C)C. The molecule has 3 nitrogen and oxygen atoms in total. The predicted octanol–water partition coefficient (Wildman–Crippen LogP) is 3.89. The van der Waals surface area contributed by atoms with Crippen LogP contribution in [0.15, 0.2) is 24.3 Å². The number of nitrogens with one attached hydrogen (secondary N) is 2. The number of rotatable bonds is 7. The van der Waals surface area contributed by atoms with Crippen LogP contribution in [0.5, 0.6) is 0 Å². The highest BCUT2D eigenvalue weighted by molar-refractivity contribution is 6.36. The minimum absolute atomic E-state index is 0.549. The van der Waals surface area contributed by atoms with Crippen LogP contribution in [0.2, 0.25) is 5.02 Å². The highest BCUT2D eigenvalue weighted by atomic mass is 35.5. The van der Waals surface area contributed by atoms with Crippen LogP contribution >= 0.6 is 11.6 Å². The van der Waals surface area contributed by atoms with Gasteiger partial charge in [-0.25, -0.2) is 0 Å². The summed E-state index contributed by atoms with van der Waals surface area (Å²) in [7, 11) is 4.29. The molecule has 116 valence electrons. The Balaban J connectivity index is 1.96. The fourth-order valence-corrected chi connectivity index (χ4v) is 2.95. The summed E-state index contributed by atoms with van der Waals surface area (Å²) in [5, 5.41) is 5.47. The van der Waals surface area contributed by atoms with Crippen molar-refractivity contribution in [3.8, 4) is 0 Å². The van der Waals surface area contributed by atoms with E-state index >= 15 is 0 Å². The third-order valence-corrected chi connectivity index (χ3v) is 4.30. The van der Waals surface area contributed by atoms with Crippen molar-refractivity contribution in [3.63, 3.8) is 0 Å². The summed E-state index contributed by atoms with van der Waals surface area (Å²) in [5.41, 5.74) is 2.17. The van der Waals surface area contributed by atoms with Crippen LogP contribution in [0.4, 0.5) is 0 Å². The summed E-state index contributed by atoms with van der Waals surface area (Å²) >= 11 is 6.44. The summed E-state index contributed by atoms with van der Waals surface area (Å²) < 4.78 is 0. The van der Waals surface area contributed by atoms with Gasteiger partial charge in [0.05, 0.1) is 5.02 Å². The summed E-state index contributed by atoms with van der Waals surface area (Å²) in [6.07, 6.45) is 1.19. The Morgan fingerprint density at radius 2 is 1.95 bits per heavy atom. The molecule has 1 heterocycles. The first-order valence-corrected chi connectivity index (χ1v) is 7.99. The average Bonchev–Trinajstić information content (AvgIpc) is 2.74. The van der Waals surface area contributed by atoms with Crippen molar-refractivity contribution in [3.05, 3.63) is 35.0 Å². The van der Waals surface area contributed by atoms with Crippen LogP contribution in [-0.2, 0) is 6.54 Å². The Morgan fingerprint density at radius 1 is 1.24 bits per heavy atom. The second-order valence-electron chi connectivity index (χ2n) is 6.34. The number of halogens is 1. The second-order valence-corrected chi connectivity index (χ2v) is 6.72. The minimum atomic E-state index is 0.549. The molecule has 2 aromatic rings. The number of aromatic amines is 1. The van der Waals surface area contributed by atoms with Gasteiger partial charge in [-0.1, -0.05) is 43.6 Å². The normalized spacial score (nSPS) is 13.5. The van der Waals surface area contributed by atoms with Crippen molar-refractivity contribution < 1.29 is 0 Å². The Morgan fingerprint density at radius 3 is 2.57 bits per heavy atom. The van der Waals surface area contributed by atoms with Crippen molar-refractivity contribution in [2.75, 3.05) is 20.6 Å². The fraction of sp³-hybridized carbons (Fsp3) is 0.529. The van der Waals surface area contributed by atoms with Gasteiger partial charge < -0.3 is 15.2 Å². The molecule has 2 N–H and O–H groups in total. The molecule has 0 saturated heterocycles. The van der Waals surface area contributed by atoms with Gasteiger partial charge in [0.1, 0.15) is 0 Å². The van der Waals surface area contributed by atoms with E-state index < -0.39 is 0 Å². The van der Waals surface area contributed by atoms with Gasteiger partial charge in [0.25, 0.3) is 0 Å². The van der Waals surface area contributed by atoms with Crippen molar-refractivity contribution >= 4 is 22.5 Å². The monoisotopic (exact) mass is 307 g/mol.